The van der Waals surface area contributed by atoms with Crippen LogP contribution in [0.25, 0.3) is 0 Å². The molecular formula is C39H30N2P+. The van der Waals surface area contributed by atoms with Crippen LogP contribution in [0.2, 0.25) is 0 Å². The molecule has 6 rings (SSSR count). The molecule has 0 unspecified atom stereocenters. The highest BCUT2D eigenvalue weighted by molar-refractivity contribution is 7.95. The quantitative estimate of drug-likeness (QED) is 0.137. The van der Waals surface area contributed by atoms with Crippen molar-refractivity contribution < 1.29 is 0 Å². The van der Waals surface area contributed by atoms with E-state index in [0.29, 0.717) is 5.56 Å². The Morgan fingerprint density at radius 3 is 1.33 bits per heavy atom. The van der Waals surface area contributed by atoms with Crippen molar-refractivity contribution in [1.29, 1.82) is 5.26 Å². The van der Waals surface area contributed by atoms with Gasteiger partial charge in [0.1, 0.15) is 29.3 Å². The average Bonchev–Trinajstić information content (AvgIpc) is 3.08. The second-order valence-corrected chi connectivity index (χ2v) is 13.6. The molecule has 0 bridgehead atoms. The van der Waals surface area contributed by atoms with Crippen molar-refractivity contribution in [2.24, 2.45) is 4.99 Å². The van der Waals surface area contributed by atoms with Gasteiger partial charge in [-0.15, -0.1) is 0 Å². The Kier molecular flexibility index (Phi) is 8.14. The molecule has 0 saturated carbocycles. The molecule has 0 saturated heterocycles. The van der Waals surface area contributed by atoms with E-state index in [2.05, 4.69) is 121 Å². The molecule has 0 N–H and O–H groups in total. The maximum atomic E-state index is 9.96. The lowest BCUT2D eigenvalue weighted by molar-refractivity contribution is 1.32. The zero-order valence-corrected chi connectivity index (χ0v) is 24.1. The Balaban J connectivity index is 1.62. The normalized spacial score (nSPS) is 10.9. The number of benzene rings is 6. The molecule has 0 radical (unpaired) electrons. The monoisotopic (exact) mass is 557 g/mol. The van der Waals surface area contributed by atoms with Crippen LogP contribution in [-0.2, 0) is 6.16 Å². The molecule has 200 valence electrons. The number of aliphatic imine (C=N–C) groups is 1. The summed E-state index contributed by atoms with van der Waals surface area (Å²) in [6, 6.07) is 61.5. The maximum absolute atomic E-state index is 9.96. The summed E-state index contributed by atoms with van der Waals surface area (Å²) in [5.41, 5.74) is 5.58. The lowest BCUT2D eigenvalue weighted by Gasteiger charge is -2.28. The molecule has 42 heavy (non-hydrogen) atoms. The highest BCUT2D eigenvalue weighted by atomic mass is 31.2. The third kappa shape index (κ3) is 5.57. The first-order valence-corrected chi connectivity index (χ1v) is 16.0. The molecule has 3 heteroatoms. The predicted octanol–water partition coefficient (Wildman–Crippen LogP) is 8.22. The number of nitrogens with zero attached hydrogens (tertiary/aromatic N) is 2. The Labute approximate surface area is 248 Å². The fraction of sp³-hybridized carbons (Fsp3) is 0.0256. The molecular weight excluding hydrogens is 527 g/mol. The molecule has 0 aliphatic heterocycles. The summed E-state index contributed by atoms with van der Waals surface area (Å²) in [7, 11) is -2.20. The highest BCUT2D eigenvalue weighted by Crippen LogP contribution is 2.59. The van der Waals surface area contributed by atoms with E-state index in [1.165, 1.54) is 15.9 Å². The first-order chi connectivity index (χ1) is 20.8. The zero-order valence-electron chi connectivity index (χ0n) is 23.2. The maximum Gasteiger partial charge on any atom is 0.116 e. The summed E-state index contributed by atoms with van der Waals surface area (Å²) in [4.78, 5) is 5.36. The van der Waals surface area contributed by atoms with Crippen molar-refractivity contribution in [3.63, 3.8) is 0 Å². The van der Waals surface area contributed by atoms with E-state index in [-0.39, 0.29) is 0 Å². The molecule has 0 fully saturated rings. The van der Waals surface area contributed by atoms with Gasteiger partial charge in [-0.3, -0.25) is 0 Å². The molecule has 0 aromatic heterocycles. The fourth-order valence-corrected chi connectivity index (χ4v) is 9.77. The van der Waals surface area contributed by atoms with Crippen LogP contribution in [0.15, 0.2) is 175 Å². The summed E-state index contributed by atoms with van der Waals surface area (Å²) in [5.74, 6) is 0. The van der Waals surface area contributed by atoms with E-state index in [1.54, 1.807) is 0 Å². The van der Waals surface area contributed by atoms with Crippen molar-refractivity contribution in [3.05, 3.63) is 192 Å². The summed E-state index contributed by atoms with van der Waals surface area (Å²) in [6.45, 7) is 0. The Hall–Kier alpha value is -5.09. The third-order valence-electron chi connectivity index (χ3n) is 7.53. The smallest absolute Gasteiger partial charge is 0.116 e. The zero-order chi connectivity index (χ0) is 28.6. The minimum atomic E-state index is -2.20. The van der Waals surface area contributed by atoms with E-state index in [4.69, 9.17) is 4.99 Å². The predicted molar refractivity (Wildman–Crippen MR) is 178 cm³/mol. The molecule has 0 amide bonds. The molecule has 0 atom stereocenters. The summed E-state index contributed by atoms with van der Waals surface area (Å²) in [6.07, 6.45) is 0.732. The van der Waals surface area contributed by atoms with Gasteiger partial charge in [0, 0.05) is 16.7 Å². The SMILES string of the molecule is N#Cc1ccc(N=C(c2ccccc2)c2ccccc2)c(C[P+](c2ccccc2)(c2ccccc2)c2ccccc2)c1. The molecule has 6 aromatic carbocycles. The van der Waals surface area contributed by atoms with E-state index in [1.807, 2.05) is 54.6 Å². The van der Waals surface area contributed by atoms with Crippen LogP contribution in [0.3, 0.4) is 0 Å². The van der Waals surface area contributed by atoms with Crippen LogP contribution in [-0.4, -0.2) is 5.71 Å². The molecule has 0 spiro atoms. The van der Waals surface area contributed by atoms with Crippen LogP contribution in [0.4, 0.5) is 5.69 Å². The lowest BCUT2D eigenvalue weighted by atomic mass is 10.0. The van der Waals surface area contributed by atoms with E-state index in [0.717, 1.165) is 34.3 Å². The van der Waals surface area contributed by atoms with Crippen LogP contribution in [0, 0.1) is 11.3 Å². The van der Waals surface area contributed by atoms with Crippen LogP contribution < -0.4 is 15.9 Å². The van der Waals surface area contributed by atoms with Crippen LogP contribution in [0.1, 0.15) is 22.3 Å². The molecule has 0 aliphatic carbocycles. The van der Waals surface area contributed by atoms with Crippen molar-refractivity contribution in [2.45, 2.75) is 6.16 Å². The van der Waals surface area contributed by atoms with E-state index in [9.17, 15) is 5.26 Å². The van der Waals surface area contributed by atoms with Gasteiger partial charge in [0.05, 0.1) is 23.0 Å². The first kappa shape index (κ1) is 27.1. The van der Waals surface area contributed by atoms with Crippen molar-refractivity contribution in [2.75, 3.05) is 0 Å². The third-order valence-corrected chi connectivity index (χ3v) is 11.9. The summed E-state index contributed by atoms with van der Waals surface area (Å²) < 4.78 is 0. The van der Waals surface area contributed by atoms with Gasteiger partial charge < -0.3 is 0 Å². The molecule has 0 heterocycles. The number of hydrogen-bond donors (Lipinski definition) is 0. The van der Waals surface area contributed by atoms with E-state index >= 15 is 0 Å². The van der Waals surface area contributed by atoms with E-state index < -0.39 is 7.26 Å². The van der Waals surface area contributed by atoms with Gasteiger partial charge in [0.25, 0.3) is 0 Å². The second kappa shape index (κ2) is 12.6. The van der Waals surface area contributed by atoms with Gasteiger partial charge in [-0.1, -0.05) is 115 Å². The summed E-state index contributed by atoms with van der Waals surface area (Å²) in [5, 5.41) is 13.9. The van der Waals surface area contributed by atoms with Gasteiger partial charge in [-0.05, 0) is 54.6 Å². The molecule has 0 aliphatic rings. The standard InChI is InChI=1S/C39H30N2P/c40-29-31-26-27-38(41-39(32-16-6-1-7-17-32)33-18-8-2-9-19-33)34(28-31)30-42(35-20-10-3-11-21-35,36-22-12-4-13-23-36)37-24-14-5-15-25-37/h1-28H,30H2/q+1. The second-order valence-electron chi connectivity index (χ2n) is 10.1. The highest BCUT2D eigenvalue weighted by Gasteiger charge is 2.45. The Morgan fingerprint density at radius 1 is 0.524 bits per heavy atom. The number of nitriles is 1. The summed E-state index contributed by atoms with van der Waals surface area (Å²) >= 11 is 0. The fourth-order valence-electron chi connectivity index (χ4n) is 5.52. The van der Waals surface area contributed by atoms with Crippen molar-refractivity contribution >= 4 is 34.6 Å². The van der Waals surface area contributed by atoms with Crippen molar-refractivity contribution in [1.82, 2.24) is 0 Å². The van der Waals surface area contributed by atoms with Gasteiger partial charge in [-0.25, -0.2) is 4.99 Å². The van der Waals surface area contributed by atoms with Gasteiger partial charge >= 0.3 is 0 Å². The minimum absolute atomic E-state index is 0.636. The molecule has 6 aromatic rings. The lowest BCUT2D eigenvalue weighted by Crippen LogP contribution is -2.32. The van der Waals surface area contributed by atoms with Gasteiger partial charge in [-0.2, -0.15) is 5.26 Å². The van der Waals surface area contributed by atoms with Crippen LogP contribution in [0.5, 0.6) is 0 Å². The van der Waals surface area contributed by atoms with Crippen molar-refractivity contribution in [3.8, 4) is 6.07 Å². The van der Waals surface area contributed by atoms with Gasteiger partial charge in [0.15, 0.2) is 0 Å². The first-order valence-electron chi connectivity index (χ1n) is 14.1. The van der Waals surface area contributed by atoms with Gasteiger partial charge in [0.2, 0.25) is 0 Å². The molecule has 2 nitrogen and oxygen atoms in total. The number of rotatable bonds is 8. The number of hydrogen-bond acceptors (Lipinski definition) is 2. The Morgan fingerprint density at radius 2 is 0.929 bits per heavy atom. The topological polar surface area (TPSA) is 36.1 Å². The van der Waals surface area contributed by atoms with Crippen LogP contribution >= 0.6 is 7.26 Å². The minimum Gasteiger partial charge on any atom is -0.247 e. The largest absolute Gasteiger partial charge is 0.247 e. The Bertz CT molecular complexity index is 1690. The average molecular weight is 558 g/mol.